The van der Waals surface area contributed by atoms with E-state index in [1.165, 1.54) is 0 Å². The Balaban J connectivity index is 1.96. The molecule has 1 saturated heterocycles. The Morgan fingerprint density at radius 2 is 2.33 bits per heavy atom. The summed E-state index contributed by atoms with van der Waals surface area (Å²) in [6.45, 7) is 4.24. The number of anilines is 1. The molecular weight excluding hydrogens is 250 g/mol. The van der Waals surface area contributed by atoms with Crippen molar-refractivity contribution >= 4 is 28.3 Å². The van der Waals surface area contributed by atoms with Crippen molar-refractivity contribution in [1.82, 2.24) is 20.5 Å². The van der Waals surface area contributed by atoms with Crippen LogP contribution in [0, 0.1) is 5.92 Å². The fraction of sp³-hybridized carbons (Fsp3) is 0.500. The van der Waals surface area contributed by atoms with Gasteiger partial charge in [0, 0.05) is 31.4 Å². The minimum Gasteiger partial charge on any atom is -0.353 e. The zero-order valence-corrected chi connectivity index (χ0v) is 11.2. The van der Waals surface area contributed by atoms with Crippen molar-refractivity contribution in [3.8, 4) is 0 Å². The van der Waals surface area contributed by atoms with Crippen LogP contribution in [0.15, 0.2) is 12.3 Å². The minimum absolute atomic E-state index is 0.487. The van der Waals surface area contributed by atoms with Crippen LogP contribution < -0.4 is 10.2 Å². The third-order valence-electron chi connectivity index (χ3n) is 3.68. The predicted octanol–water partition coefficient (Wildman–Crippen LogP) is 1.66. The molecule has 0 bridgehead atoms. The number of aromatic nitrogens is 3. The number of rotatable bonds is 2. The molecule has 2 unspecified atom stereocenters. The van der Waals surface area contributed by atoms with Gasteiger partial charge in [0.25, 0.3) is 0 Å². The third-order valence-corrected chi connectivity index (χ3v) is 3.88. The van der Waals surface area contributed by atoms with E-state index in [9.17, 15) is 0 Å². The van der Waals surface area contributed by atoms with Crippen molar-refractivity contribution in [3.63, 3.8) is 0 Å². The van der Waals surface area contributed by atoms with E-state index >= 15 is 0 Å². The lowest BCUT2D eigenvalue weighted by atomic mass is 10.1. The fourth-order valence-corrected chi connectivity index (χ4v) is 2.79. The Morgan fingerprint density at radius 3 is 3.06 bits per heavy atom. The van der Waals surface area contributed by atoms with Crippen LogP contribution in [0.3, 0.4) is 0 Å². The maximum atomic E-state index is 5.87. The van der Waals surface area contributed by atoms with Gasteiger partial charge in [-0.3, -0.25) is 5.10 Å². The van der Waals surface area contributed by atoms with Gasteiger partial charge in [-0.15, -0.1) is 0 Å². The predicted molar refractivity (Wildman–Crippen MR) is 73.1 cm³/mol. The summed E-state index contributed by atoms with van der Waals surface area (Å²) in [7, 11) is 2.01. The molecule has 18 heavy (non-hydrogen) atoms. The number of likely N-dealkylation sites (N-methyl/N-ethyl adjacent to an activating group) is 1. The lowest BCUT2D eigenvalue weighted by Gasteiger charge is -2.15. The molecule has 0 saturated carbocycles. The van der Waals surface area contributed by atoms with Crippen LogP contribution in [0.5, 0.6) is 0 Å². The van der Waals surface area contributed by atoms with Gasteiger partial charge in [-0.05, 0) is 13.0 Å². The van der Waals surface area contributed by atoms with Crippen molar-refractivity contribution in [2.75, 3.05) is 25.0 Å². The van der Waals surface area contributed by atoms with E-state index in [0.717, 1.165) is 29.8 Å². The molecule has 2 aromatic heterocycles. The van der Waals surface area contributed by atoms with Gasteiger partial charge in [-0.2, -0.15) is 5.10 Å². The molecule has 1 aliphatic rings. The smallest absolute Gasteiger partial charge is 0.159 e. The number of aromatic amines is 1. The second-order valence-electron chi connectivity index (χ2n) is 4.88. The van der Waals surface area contributed by atoms with Gasteiger partial charge in [0.2, 0.25) is 0 Å². The Hall–Kier alpha value is -1.33. The average molecular weight is 266 g/mol. The molecule has 6 heteroatoms. The number of fused-ring (bicyclic) bond motifs is 1. The highest BCUT2D eigenvalue weighted by Crippen LogP contribution is 2.29. The Kier molecular flexibility index (Phi) is 2.87. The lowest BCUT2D eigenvalue weighted by molar-refractivity contribution is 0.490. The van der Waals surface area contributed by atoms with Gasteiger partial charge in [-0.1, -0.05) is 18.5 Å². The van der Waals surface area contributed by atoms with Crippen LogP contribution in [0.25, 0.3) is 10.9 Å². The molecule has 2 N–H and O–H groups in total. The molecule has 0 aliphatic carbocycles. The summed E-state index contributed by atoms with van der Waals surface area (Å²) in [5, 5.41) is 12.3. The normalized spacial score (nSPS) is 24.1. The van der Waals surface area contributed by atoms with Gasteiger partial charge >= 0.3 is 0 Å². The first-order chi connectivity index (χ1) is 8.69. The quantitative estimate of drug-likeness (QED) is 0.811. The highest BCUT2D eigenvalue weighted by Gasteiger charge is 2.30. The van der Waals surface area contributed by atoms with E-state index in [1.807, 2.05) is 13.1 Å². The standard InChI is InChI=1S/C12H16ClN5/c1-7-5-18(6-10(7)14-2)12-8-4-15-11(13)3-9(8)16-17-12/h3-4,7,10,14H,5-6H2,1-2H3,(H,16,17). The van der Waals surface area contributed by atoms with Crippen molar-refractivity contribution < 1.29 is 0 Å². The zero-order valence-electron chi connectivity index (χ0n) is 10.4. The van der Waals surface area contributed by atoms with Gasteiger partial charge < -0.3 is 10.2 Å². The van der Waals surface area contributed by atoms with Gasteiger partial charge in [0.1, 0.15) is 5.15 Å². The highest BCUT2D eigenvalue weighted by molar-refractivity contribution is 6.30. The summed E-state index contributed by atoms with van der Waals surface area (Å²) in [5.41, 5.74) is 0.936. The molecule has 1 fully saturated rings. The average Bonchev–Trinajstić information content (AvgIpc) is 2.91. The Morgan fingerprint density at radius 1 is 1.50 bits per heavy atom. The molecule has 2 aromatic rings. The number of pyridine rings is 1. The summed E-state index contributed by atoms with van der Waals surface area (Å²) in [4.78, 5) is 6.42. The fourth-order valence-electron chi connectivity index (χ4n) is 2.63. The van der Waals surface area contributed by atoms with Crippen molar-refractivity contribution in [2.24, 2.45) is 5.92 Å². The van der Waals surface area contributed by atoms with E-state index < -0.39 is 0 Å². The SMILES string of the molecule is CNC1CN(c2n[nH]c3cc(Cl)ncc23)CC1C. The summed E-state index contributed by atoms with van der Waals surface area (Å²) < 4.78 is 0. The first-order valence-electron chi connectivity index (χ1n) is 6.11. The van der Waals surface area contributed by atoms with Crippen molar-refractivity contribution in [1.29, 1.82) is 0 Å². The van der Waals surface area contributed by atoms with Gasteiger partial charge in [0.15, 0.2) is 5.82 Å². The van der Waals surface area contributed by atoms with Crippen molar-refractivity contribution in [3.05, 3.63) is 17.4 Å². The first-order valence-corrected chi connectivity index (χ1v) is 6.48. The maximum Gasteiger partial charge on any atom is 0.159 e. The molecule has 1 aliphatic heterocycles. The van der Waals surface area contributed by atoms with E-state index in [4.69, 9.17) is 11.6 Å². The molecule has 3 heterocycles. The minimum atomic E-state index is 0.487. The van der Waals surface area contributed by atoms with Gasteiger partial charge in [0.05, 0.1) is 10.9 Å². The largest absolute Gasteiger partial charge is 0.353 e. The Labute approximate surface area is 111 Å². The second kappa shape index (κ2) is 4.40. The third kappa shape index (κ3) is 1.83. The molecule has 0 amide bonds. The number of hydrogen-bond acceptors (Lipinski definition) is 4. The summed E-state index contributed by atoms with van der Waals surface area (Å²) in [6, 6.07) is 2.32. The molecule has 3 rings (SSSR count). The summed E-state index contributed by atoms with van der Waals surface area (Å²) >= 11 is 5.87. The molecule has 2 atom stereocenters. The van der Waals surface area contributed by atoms with E-state index in [2.05, 4.69) is 32.3 Å². The van der Waals surface area contributed by atoms with Crippen LogP contribution in [0.4, 0.5) is 5.82 Å². The van der Waals surface area contributed by atoms with Crippen molar-refractivity contribution in [2.45, 2.75) is 13.0 Å². The maximum absolute atomic E-state index is 5.87. The van der Waals surface area contributed by atoms with E-state index in [1.54, 1.807) is 6.20 Å². The molecule has 0 aromatic carbocycles. The number of hydrogen-bond donors (Lipinski definition) is 2. The first kappa shape index (κ1) is 11.7. The Bertz CT molecular complexity index is 567. The lowest BCUT2D eigenvalue weighted by Crippen LogP contribution is -2.32. The molecule has 5 nitrogen and oxygen atoms in total. The van der Waals surface area contributed by atoms with E-state index in [-0.39, 0.29) is 0 Å². The number of nitrogens with zero attached hydrogens (tertiary/aromatic N) is 3. The van der Waals surface area contributed by atoms with Crippen LogP contribution in [-0.2, 0) is 0 Å². The zero-order chi connectivity index (χ0) is 12.7. The summed E-state index contributed by atoms with van der Waals surface area (Å²) in [6.07, 6.45) is 1.79. The number of halogens is 1. The molecular formula is C12H16ClN5. The highest BCUT2D eigenvalue weighted by atomic mass is 35.5. The summed E-state index contributed by atoms with van der Waals surface area (Å²) in [5.74, 6) is 1.58. The molecule has 0 radical (unpaired) electrons. The topological polar surface area (TPSA) is 56.8 Å². The van der Waals surface area contributed by atoms with E-state index in [0.29, 0.717) is 17.1 Å². The molecule has 0 spiro atoms. The van der Waals surface area contributed by atoms with Crippen LogP contribution >= 0.6 is 11.6 Å². The molecule has 96 valence electrons. The second-order valence-corrected chi connectivity index (χ2v) is 5.26. The van der Waals surface area contributed by atoms with Gasteiger partial charge in [-0.25, -0.2) is 4.98 Å². The monoisotopic (exact) mass is 265 g/mol. The van der Waals surface area contributed by atoms with Crippen LogP contribution in [0.2, 0.25) is 5.15 Å². The number of H-pyrrole nitrogens is 1. The van der Waals surface area contributed by atoms with Crippen LogP contribution in [0.1, 0.15) is 6.92 Å². The number of nitrogens with one attached hydrogen (secondary N) is 2. The van der Waals surface area contributed by atoms with Crippen LogP contribution in [-0.4, -0.2) is 41.4 Å².